The number of amides is 1. The van der Waals surface area contributed by atoms with Gasteiger partial charge >= 0.3 is 0 Å². The number of benzene rings is 2. The highest BCUT2D eigenvalue weighted by atomic mass is 35.5. The molecule has 1 N–H and O–H groups in total. The van der Waals surface area contributed by atoms with Crippen LogP contribution in [0, 0.1) is 6.92 Å². The zero-order valence-corrected chi connectivity index (χ0v) is 14.2. The van der Waals surface area contributed by atoms with E-state index in [1.165, 1.54) is 4.90 Å². The van der Waals surface area contributed by atoms with Crippen LogP contribution in [-0.2, 0) is 6.54 Å². The van der Waals surface area contributed by atoms with Crippen LogP contribution in [0.1, 0.15) is 21.5 Å². The van der Waals surface area contributed by atoms with E-state index < -0.39 is 0 Å². The molecular weight excluding hydrogens is 324 g/mol. The molecule has 122 valence electrons. The fraction of sp³-hybridized carbons (Fsp3) is 0.158. The standard InChI is InChI=1S/C19H17ClN2O2/c1-12-7-8-17-13(9-12)10-14(18(23)21-17)11-22(2)19(24)15-5-3-4-6-16(15)20/h3-10H,11H2,1-2H3,(H,21,23). The topological polar surface area (TPSA) is 53.2 Å². The molecule has 0 aliphatic rings. The molecule has 4 nitrogen and oxygen atoms in total. The first-order chi connectivity index (χ1) is 11.5. The number of carbonyl (C=O) groups is 1. The maximum atomic E-state index is 12.5. The minimum atomic E-state index is -0.218. The predicted octanol–water partition coefficient (Wildman–Crippen LogP) is 3.76. The Hall–Kier alpha value is -2.59. The number of H-pyrrole nitrogens is 1. The van der Waals surface area contributed by atoms with Crippen LogP contribution in [0.2, 0.25) is 5.02 Å². The van der Waals surface area contributed by atoms with E-state index in [2.05, 4.69) is 4.98 Å². The largest absolute Gasteiger partial charge is 0.337 e. The number of hydrogen-bond acceptors (Lipinski definition) is 2. The molecule has 1 aromatic heterocycles. The van der Waals surface area contributed by atoms with Crippen LogP contribution in [0.3, 0.4) is 0 Å². The highest BCUT2D eigenvalue weighted by Crippen LogP contribution is 2.18. The van der Waals surface area contributed by atoms with Crippen LogP contribution >= 0.6 is 11.6 Å². The smallest absolute Gasteiger partial charge is 0.255 e. The van der Waals surface area contributed by atoms with Crippen LogP contribution in [0.25, 0.3) is 10.9 Å². The van der Waals surface area contributed by atoms with E-state index in [1.54, 1.807) is 31.3 Å². The summed E-state index contributed by atoms with van der Waals surface area (Å²) in [6.07, 6.45) is 0. The molecular formula is C19H17ClN2O2. The van der Waals surface area contributed by atoms with Crippen molar-refractivity contribution in [1.29, 1.82) is 0 Å². The number of aromatic amines is 1. The third kappa shape index (κ3) is 3.19. The normalized spacial score (nSPS) is 10.8. The first-order valence-electron chi connectivity index (χ1n) is 7.58. The van der Waals surface area contributed by atoms with Gasteiger partial charge in [-0.3, -0.25) is 9.59 Å². The summed E-state index contributed by atoms with van der Waals surface area (Å²) in [6.45, 7) is 2.21. The molecule has 3 rings (SSSR count). The number of nitrogens with one attached hydrogen (secondary N) is 1. The van der Waals surface area contributed by atoms with Gasteiger partial charge in [0.1, 0.15) is 0 Å². The second-order valence-corrected chi connectivity index (χ2v) is 6.26. The van der Waals surface area contributed by atoms with Gasteiger partial charge in [0.05, 0.1) is 17.1 Å². The van der Waals surface area contributed by atoms with Crippen molar-refractivity contribution in [3.8, 4) is 0 Å². The molecule has 0 spiro atoms. The second-order valence-electron chi connectivity index (χ2n) is 5.86. The summed E-state index contributed by atoms with van der Waals surface area (Å²) in [6, 6.07) is 14.6. The minimum Gasteiger partial charge on any atom is -0.337 e. The van der Waals surface area contributed by atoms with Crippen LogP contribution in [0.5, 0.6) is 0 Å². The maximum absolute atomic E-state index is 12.5. The van der Waals surface area contributed by atoms with Gasteiger partial charge in [-0.2, -0.15) is 0 Å². The molecule has 2 aromatic carbocycles. The quantitative estimate of drug-likeness (QED) is 0.789. The lowest BCUT2D eigenvalue weighted by Gasteiger charge is -2.18. The van der Waals surface area contributed by atoms with Gasteiger partial charge in [-0.15, -0.1) is 0 Å². The zero-order chi connectivity index (χ0) is 17.3. The van der Waals surface area contributed by atoms with Crippen molar-refractivity contribution in [2.45, 2.75) is 13.5 Å². The number of nitrogens with zero attached hydrogens (tertiary/aromatic N) is 1. The SMILES string of the molecule is Cc1ccc2[nH]c(=O)c(CN(C)C(=O)c3ccccc3Cl)cc2c1. The van der Waals surface area contributed by atoms with Crippen molar-refractivity contribution in [2.75, 3.05) is 7.05 Å². The van der Waals surface area contributed by atoms with E-state index in [4.69, 9.17) is 11.6 Å². The van der Waals surface area contributed by atoms with E-state index in [1.807, 2.05) is 31.2 Å². The van der Waals surface area contributed by atoms with Gasteiger partial charge in [-0.25, -0.2) is 0 Å². The van der Waals surface area contributed by atoms with Crippen molar-refractivity contribution >= 4 is 28.4 Å². The maximum Gasteiger partial charge on any atom is 0.255 e. The molecule has 0 saturated heterocycles. The van der Waals surface area contributed by atoms with E-state index in [0.29, 0.717) is 16.1 Å². The highest BCUT2D eigenvalue weighted by molar-refractivity contribution is 6.33. The van der Waals surface area contributed by atoms with Gasteiger partial charge in [0, 0.05) is 18.1 Å². The molecule has 0 radical (unpaired) electrons. The van der Waals surface area contributed by atoms with Crippen molar-refractivity contribution in [1.82, 2.24) is 9.88 Å². The molecule has 0 aliphatic carbocycles. The number of aromatic nitrogens is 1. The lowest BCUT2D eigenvalue weighted by molar-refractivity contribution is 0.0785. The fourth-order valence-corrected chi connectivity index (χ4v) is 2.87. The van der Waals surface area contributed by atoms with Crippen molar-refractivity contribution < 1.29 is 4.79 Å². The average Bonchev–Trinajstić information content (AvgIpc) is 2.55. The molecule has 0 saturated carbocycles. The third-order valence-electron chi connectivity index (χ3n) is 3.94. The lowest BCUT2D eigenvalue weighted by atomic mass is 10.1. The first-order valence-corrected chi connectivity index (χ1v) is 7.96. The monoisotopic (exact) mass is 340 g/mol. The number of pyridine rings is 1. The molecule has 1 heterocycles. The van der Waals surface area contributed by atoms with Gasteiger partial charge < -0.3 is 9.88 Å². The molecule has 1 amide bonds. The number of fused-ring (bicyclic) bond motifs is 1. The summed E-state index contributed by atoms with van der Waals surface area (Å²) < 4.78 is 0. The summed E-state index contributed by atoms with van der Waals surface area (Å²) in [4.78, 5) is 29.1. The van der Waals surface area contributed by atoms with E-state index in [-0.39, 0.29) is 18.0 Å². The van der Waals surface area contributed by atoms with Gasteiger partial charge in [0.2, 0.25) is 0 Å². The van der Waals surface area contributed by atoms with Crippen molar-refractivity contribution in [2.24, 2.45) is 0 Å². The molecule has 24 heavy (non-hydrogen) atoms. The third-order valence-corrected chi connectivity index (χ3v) is 4.26. The Morgan fingerprint density at radius 1 is 1.17 bits per heavy atom. The number of carbonyl (C=O) groups excluding carboxylic acids is 1. The second kappa shape index (κ2) is 6.49. The minimum absolute atomic E-state index is 0.190. The number of hydrogen-bond donors (Lipinski definition) is 1. The molecule has 0 atom stereocenters. The number of halogens is 1. The summed E-state index contributed by atoms with van der Waals surface area (Å²) >= 11 is 6.08. The first kappa shape index (κ1) is 16.3. The lowest BCUT2D eigenvalue weighted by Crippen LogP contribution is -2.29. The van der Waals surface area contributed by atoms with E-state index >= 15 is 0 Å². The Morgan fingerprint density at radius 3 is 2.67 bits per heavy atom. The summed E-state index contributed by atoms with van der Waals surface area (Å²) in [7, 11) is 1.66. The zero-order valence-electron chi connectivity index (χ0n) is 13.5. The predicted molar refractivity (Wildman–Crippen MR) is 96.6 cm³/mol. The van der Waals surface area contributed by atoms with Gasteiger partial charge in [-0.1, -0.05) is 35.4 Å². The summed E-state index contributed by atoms with van der Waals surface area (Å²) in [5, 5.41) is 1.35. The molecule has 0 unspecified atom stereocenters. The number of rotatable bonds is 3. The van der Waals surface area contributed by atoms with Crippen LogP contribution in [-0.4, -0.2) is 22.8 Å². The Labute approximate surface area is 144 Å². The molecule has 5 heteroatoms. The Morgan fingerprint density at radius 2 is 1.92 bits per heavy atom. The molecule has 0 fully saturated rings. The van der Waals surface area contributed by atoms with Crippen molar-refractivity contribution in [3.63, 3.8) is 0 Å². The number of aryl methyl sites for hydroxylation is 1. The highest BCUT2D eigenvalue weighted by Gasteiger charge is 2.16. The summed E-state index contributed by atoms with van der Waals surface area (Å²) in [5.41, 5.74) is 2.67. The van der Waals surface area contributed by atoms with E-state index in [9.17, 15) is 9.59 Å². The van der Waals surface area contributed by atoms with Crippen LogP contribution < -0.4 is 5.56 Å². The van der Waals surface area contributed by atoms with Gasteiger partial charge in [0.15, 0.2) is 0 Å². The molecule has 3 aromatic rings. The van der Waals surface area contributed by atoms with Crippen molar-refractivity contribution in [3.05, 3.63) is 80.6 Å². The Kier molecular flexibility index (Phi) is 4.40. The Balaban J connectivity index is 1.91. The average molecular weight is 341 g/mol. The van der Waals surface area contributed by atoms with E-state index in [0.717, 1.165) is 16.5 Å². The van der Waals surface area contributed by atoms with Gasteiger partial charge in [0.25, 0.3) is 11.5 Å². The van der Waals surface area contributed by atoms with Crippen LogP contribution in [0.15, 0.2) is 53.3 Å². The van der Waals surface area contributed by atoms with Gasteiger partial charge in [-0.05, 0) is 42.6 Å². The molecule has 0 bridgehead atoms. The fourth-order valence-electron chi connectivity index (χ4n) is 2.66. The summed E-state index contributed by atoms with van der Waals surface area (Å²) in [5.74, 6) is -0.218. The Bertz CT molecular complexity index is 979. The molecule has 0 aliphatic heterocycles. The van der Waals surface area contributed by atoms with Crippen LogP contribution in [0.4, 0.5) is 0 Å².